The Kier molecular flexibility index (Phi) is 11.8. The van der Waals surface area contributed by atoms with Crippen LogP contribution in [0.3, 0.4) is 0 Å². The molecule has 1 fully saturated rings. The van der Waals surface area contributed by atoms with Crippen molar-refractivity contribution in [3.63, 3.8) is 0 Å². The molecule has 0 saturated carbocycles. The normalized spacial score (nSPS) is 16.5. The van der Waals surface area contributed by atoms with Gasteiger partial charge in [-0.05, 0) is 25.2 Å². The second-order valence-corrected chi connectivity index (χ2v) is 5.02. The van der Waals surface area contributed by atoms with E-state index in [0.29, 0.717) is 0 Å². The zero-order valence-electron chi connectivity index (χ0n) is 8.86. The van der Waals surface area contributed by atoms with Crippen LogP contribution in [-0.4, -0.2) is 12.3 Å². The van der Waals surface area contributed by atoms with Crippen molar-refractivity contribution in [2.24, 2.45) is 0 Å². The lowest BCUT2D eigenvalue weighted by Gasteiger charge is -2.06. The van der Waals surface area contributed by atoms with Gasteiger partial charge in [0.1, 0.15) is 0 Å². The van der Waals surface area contributed by atoms with E-state index in [2.05, 4.69) is 13.8 Å². The average molecular weight is 188 g/mol. The van der Waals surface area contributed by atoms with E-state index >= 15 is 0 Å². The van der Waals surface area contributed by atoms with Gasteiger partial charge in [-0.1, -0.05) is 46.0 Å². The molecule has 0 aromatic rings. The molecule has 0 nitrogen and oxygen atoms in total. The summed E-state index contributed by atoms with van der Waals surface area (Å²) in [4.78, 5) is 0. The summed E-state index contributed by atoms with van der Waals surface area (Å²) in [5, 5.41) is 0. The van der Waals surface area contributed by atoms with Gasteiger partial charge in [0.25, 0.3) is 0 Å². The lowest BCUT2D eigenvalue weighted by molar-refractivity contribution is 0.702. The summed E-state index contributed by atoms with van der Waals surface area (Å²) >= 11 is 0. The third kappa shape index (κ3) is 10.4. The van der Waals surface area contributed by atoms with Crippen molar-refractivity contribution in [3.8, 4) is 0 Å². The predicted octanol–water partition coefficient (Wildman–Crippen LogP) is 4.44. The Balaban J connectivity index is 0.000000202. The quantitative estimate of drug-likeness (QED) is 0.454. The van der Waals surface area contributed by atoms with Crippen LogP contribution in [0.5, 0.6) is 0 Å². The monoisotopic (exact) mass is 188 g/mol. The Morgan fingerprint density at radius 3 is 1.50 bits per heavy atom. The first-order chi connectivity index (χ1) is 5.91. The maximum atomic E-state index is 2.23. The minimum absolute atomic E-state index is 1.30. The van der Waals surface area contributed by atoms with Crippen LogP contribution in [0.2, 0.25) is 0 Å². The van der Waals surface area contributed by atoms with Gasteiger partial charge in [-0.3, -0.25) is 0 Å². The van der Waals surface area contributed by atoms with Crippen molar-refractivity contribution in [1.29, 1.82) is 0 Å². The van der Waals surface area contributed by atoms with Crippen LogP contribution in [0.1, 0.15) is 58.8 Å². The summed E-state index contributed by atoms with van der Waals surface area (Å²) in [6.45, 7) is 4.46. The molecular formula is C11H25P. The van der Waals surface area contributed by atoms with E-state index in [-0.39, 0.29) is 0 Å². The van der Waals surface area contributed by atoms with Gasteiger partial charge in [0.15, 0.2) is 0 Å². The summed E-state index contributed by atoms with van der Waals surface area (Å²) in [6.07, 6.45) is 13.1. The molecule has 0 unspecified atom stereocenters. The predicted molar refractivity (Wildman–Crippen MR) is 61.7 cm³/mol. The number of rotatable bonds is 3. The largest absolute Gasteiger partial charge is 0.122 e. The van der Waals surface area contributed by atoms with E-state index in [4.69, 9.17) is 0 Å². The SMILES string of the molecule is C1CCPCC1.CCCCCC. The molecule has 0 aromatic heterocycles. The highest BCUT2D eigenvalue weighted by atomic mass is 31.1. The molecule has 1 aliphatic heterocycles. The fourth-order valence-electron chi connectivity index (χ4n) is 1.30. The van der Waals surface area contributed by atoms with Gasteiger partial charge in [-0.2, -0.15) is 0 Å². The van der Waals surface area contributed by atoms with Gasteiger partial charge in [0, 0.05) is 0 Å². The van der Waals surface area contributed by atoms with Gasteiger partial charge >= 0.3 is 0 Å². The molecule has 0 bridgehead atoms. The molecule has 0 aliphatic carbocycles. The Morgan fingerprint density at radius 2 is 1.33 bits per heavy atom. The molecule has 1 saturated heterocycles. The molecule has 12 heavy (non-hydrogen) atoms. The van der Waals surface area contributed by atoms with E-state index < -0.39 is 0 Å². The van der Waals surface area contributed by atoms with Crippen molar-refractivity contribution < 1.29 is 0 Å². The van der Waals surface area contributed by atoms with Crippen LogP contribution < -0.4 is 0 Å². The van der Waals surface area contributed by atoms with Gasteiger partial charge in [-0.25, -0.2) is 0 Å². The number of unbranched alkanes of at least 4 members (excludes halogenated alkanes) is 3. The lowest BCUT2D eigenvalue weighted by Crippen LogP contribution is -1.89. The van der Waals surface area contributed by atoms with Crippen LogP contribution in [0.25, 0.3) is 0 Å². The second-order valence-electron chi connectivity index (χ2n) is 3.52. The van der Waals surface area contributed by atoms with E-state index in [0.717, 1.165) is 0 Å². The van der Waals surface area contributed by atoms with Gasteiger partial charge in [-0.15, -0.1) is 8.58 Å². The average Bonchev–Trinajstić information content (AvgIpc) is 2.18. The van der Waals surface area contributed by atoms with Crippen molar-refractivity contribution in [3.05, 3.63) is 0 Å². The highest BCUT2D eigenvalue weighted by molar-refractivity contribution is 7.38. The third-order valence-corrected chi connectivity index (χ3v) is 3.58. The zero-order valence-corrected chi connectivity index (χ0v) is 9.86. The third-order valence-electron chi connectivity index (χ3n) is 2.16. The molecule has 74 valence electrons. The molecule has 0 amide bonds. The highest BCUT2D eigenvalue weighted by Gasteiger charge is 1.95. The van der Waals surface area contributed by atoms with Crippen molar-refractivity contribution >= 4 is 8.58 Å². The Bertz CT molecular complexity index is 51.9. The highest BCUT2D eigenvalue weighted by Crippen LogP contribution is 2.21. The molecule has 1 heteroatoms. The Morgan fingerprint density at radius 1 is 0.833 bits per heavy atom. The molecule has 1 aliphatic rings. The van der Waals surface area contributed by atoms with Crippen molar-refractivity contribution in [2.45, 2.75) is 58.8 Å². The topological polar surface area (TPSA) is 0 Å². The fourth-order valence-corrected chi connectivity index (χ4v) is 2.55. The summed E-state index contributed by atoms with van der Waals surface area (Å²) in [5.41, 5.74) is 0. The molecule has 0 N–H and O–H groups in total. The summed E-state index contributed by atoms with van der Waals surface area (Å²) < 4.78 is 0. The van der Waals surface area contributed by atoms with Gasteiger partial charge < -0.3 is 0 Å². The van der Waals surface area contributed by atoms with E-state index in [1.165, 1.54) is 65.9 Å². The van der Waals surface area contributed by atoms with Crippen LogP contribution in [0.15, 0.2) is 0 Å². The van der Waals surface area contributed by atoms with Crippen LogP contribution in [0.4, 0.5) is 0 Å². The first-order valence-corrected chi connectivity index (χ1v) is 7.04. The number of hydrogen-bond acceptors (Lipinski definition) is 0. The molecule has 1 rings (SSSR count). The fraction of sp³-hybridized carbons (Fsp3) is 1.00. The Labute approximate surface area is 80.3 Å². The minimum atomic E-state index is 1.30. The summed E-state index contributed by atoms with van der Waals surface area (Å²) in [7, 11) is 1.30. The van der Waals surface area contributed by atoms with E-state index in [1.54, 1.807) is 0 Å². The van der Waals surface area contributed by atoms with Crippen LogP contribution in [-0.2, 0) is 0 Å². The van der Waals surface area contributed by atoms with E-state index in [9.17, 15) is 0 Å². The van der Waals surface area contributed by atoms with Gasteiger partial charge in [0.05, 0.1) is 0 Å². The maximum absolute atomic E-state index is 2.23. The molecular weight excluding hydrogens is 163 g/mol. The first-order valence-electron chi connectivity index (χ1n) is 5.62. The van der Waals surface area contributed by atoms with Crippen LogP contribution >= 0.6 is 8.58 Å². The van der Waals surface area contributed by atoms with Crippen molar-refractivity contribution in [1.82, 2.24) is 0 Å². The molecule has 0 atom stereocenters. The summed E-state index contributed by atoms with van der Waals surface area (Å²) in [6, 6.07) is 0. The summed E-state index contributed by atoms with van der Waals surface area (Å²) in [5.74, 6) is 0. The molecule has 0 spiro atoms. The van der Waals surface area contributed by atoms with E-state index in [1.807, 2.05) is 0 Å². The lowest BCUT2D eigenvalue weighted by atomic mass is 10.2. The molecule has 0 radical (unpaired) electrons. The van der Waals surface area contributed by atoms with Crippen molar-refractivity contribution in [2.75, 3.05) is 12.3 Å². The standard InChI is InChI=1S/C6H14.C5H11P/c1-3-5-6-4-2;1-2-4-6-5-3-1/h3-6H2,1-2H3;6H,1-5H2. The molecule has 0 aromatic carbocycles. The Hall–Kier alpha value is 0.430. The first kappa shape index (κ1) is 12.4. The minimum Gasteiger partial charge on any atom is -0.122 e. The van der Waals surface area contributed by atoms with Gasteiger partial charge in [0.2, 0.25) is 0 Å². The smallest absolute Gasteiger partial charge is 0.0353 e. The van der Waals surface area contributed by atoms with Crippen LogP contribution in [0, 0.1) is 0 Å². The maximum Gasteiger partial charge on any atom is -0.0353 e. The second kappa shape index (κ2) is 11.4. The number of hydrogen-bond donors (Lipinski definition) is 0. The zero-order chi connectivity index (χ0) is 9.07. The molecule has 1 heterocycles.